The second-order valence-electron chi connectivity index (χ2n) is 5.40. The van der Waals surface area contributed by atoms with Crippen molar-refractivity contribution in [2.45, 2.75) is 26.2 Å². The van der Waals surface area contributed by atoms with Crippen molar-refractivity contribution in [3.63, 3.8) is 0 Å². The summed E-state index contributed by atoms with van der Waals surface area (Å²) in [7, 11) is 0. The SMILES string of the molecule is CCCN(CC1CC1)C(=O)c1cc(C#CCN)ccc1F. The molecular weight excluding hydrogens is 267 g/mol. The Morgan fingerprint density at radius 1 is 1.48 bits per heavy atom. The smallest absolute Gasteiger partial charge is 0.256 e. The average Bonchev–Trinajstić information content (AvgIpc) is 3.29. The maximum atomic E-state index is 14.0. The van der Waals surface area contributed by atoms with Crippen molar-refractivity contribution in [3.8, 4) is 11.8 Å². The van der Waals surface area contributed by atoms with Crippen LogP contribution in [0.4, 0.5) is 4.39 Å². The minimum absolute atomic E-state index is 0.105. The number of benzene rings is 1. The third-order valence-corrected chi connectivity index (χ3v) is 3.49. The van der Waals surface area contributed by atoms with Gasteiger partial charge in [-0.3, -0.25) is 4.79 Å². The second kappa shape index (κ2) is 7.24. The number of hydrogen-bond acceptors (Lipinski definition) is 2. The minimum atomic E-state index is -0.491. The van der Waals surface area contributed by atoms with Crippen LogP contribution < -0.4 is 5.73 Å². The highest BCUT2D eigenvalue weighted by Crippen LogP contribution is 2.30. The zero-order valence-corrected chi connectivity index (χ0v) is 12.4. The van der Waals surface area contributed by atoms with Gasteiger partial charge in [-0.1, -0.05) is 18.8 Å². The Balaban J connectivity index is 2.22. The second-order valence-corrected chi connectivity index (χ2v) is 5.40. The third-order valence-electron chi connectivity index (χ3n) is 3.49. The quantitative estimate of drug-likeness (QED) is 0.846. The number of rotatable bonds is 5. The van der Waals surface area contributed by atoms with E-state index in [1.54, 1.807) is 11.0 Å². The molecule has 1 aliphatic rings. The molecule has 1 aliphatic carbocycles. The Labute approximate surface area is 125 Å². The Morgan fingerprint density at radius 2 is 2.24 bits per heavy atom. The molecule has 1 aromatic carbocycles. The zero-order chi connectivity index (χ0) is 15.2. The summed E-state index contributed by atoms with van der Waals surface area (Å²) in [6, 6.07) is 4.39. The molecular formula is C17H21FN2O. The summed E-state index contributed by atoms with van der Waals surface area (Å²) in [6.45, 7) is 3.65. The monoisotopic (exact) mass is 288 g/mol. The fraction of sp³-hybridized carbons (Fsp3) is 0.471. The molecule has 1 amide bonds. The molecule has 0 atom stereocenters. The van der Waals surface area contributed by atoms with Crippen LogP contribution in [0.3, 0.4) is 0 Å². The molecule has 4 heteroatoms. The maximum absolute atomic E-state index is 14.0. The van der Waals surface area contributed by atoms with Gasteiger partial charge in [0, 0.05) is 18.7 Å². The molecule has 0 aliphatic heterocycles. The predicted octanol–water partition coefficient (Wildman–Crippen LogP) is 2.40. The summed E-state index contributed by atoms with van der Waals surface area (Å²) in [4.78, 5) is 14.3. The predicted molar refractivity (Wildman–Crippen MR) is 81.3 cm³/mol. The van der Waals surface area contributed by atoms with Crippen LogP contribution in [-0.2, 0) is 0 Å². The van der Waals surface area contributed by atoms with Crippen molar-refractivity contribution >= 4 is 5.91 Å². The summed E-state index contributed by atoms with van der Waals surface area (Å²) >= 11 is 0. The molecule has 0 aromatic heterocycles. The Morgan fingerprint density at radius 3 is 2.86 bits per heavy atom. The first-order valence-corrected chi connectivity index (χ1v) is 7.43. The Hall–Kier alpha value is -1.86. The summed E-state index contributed by atoms with van der Waals surface area (Å²) in [5, 5.41) is 0. The zero-order valence-electron chi connectivity index (χ0n) is 12.4. The van der Waals surface area contributed by atoms with E-state index < -0.39 is 5.82 Å². The van der Waals surface area contributed by atoms with E-state index in [9.17, 15) is 9.18 Å². The molecule has 0 unspecified atom stereocenters. The number of hydrogen-bond donors (Lipinski definition) is 1. The van der Waals surface area contributed by atoms with Gasteiger partial charge in [0.25, 0.3) is 5.91 Å². The van der Waals surface area contributed by atoms with Crippen molar-refractivity contribution in [1.82, 2.24) is 4.90 Å². The molecule has 3 nitrogen and oxygen atoms in total. The Bertz CT molecular complexity index is 570. The molecule has 1 saturated carbocycles. The van der Waals surface area contributed by atoms with Gasteiger partial charge in [0.15, 0.2) is 0 Å². The van der Waals surface area contributed by atoms with Gasteiger partial charge in [0.05, 0.1) is 12.1 Å². The highest BCUT2D eigenvalue weighted by Gasteiger charge is 2.27. The van der Waals surface area contributed by atoms with E-state index >= 15 is 0 Å². The van der Waals surface area contributed by atoms with Crippen molar-refractivity contribution in [2.24, 2.45) is 11.7 Å². The largest absolute Gasteiger partial charge is 0.338 e. The van der Waals surface area contributed by atoms with Gasteiger partial charge in [-0.25, -0.2) is 4.39 Å². The van der Waals surface area contributed by atoms with E-state index in [0.29, 0.717) is 18.0 Å². The van der Waals surface area contributed by atoms with Gasteiger partial charge in [-0.2, -0.15) is 0 Å². The van der Waals surface area contributed by atoms with E-state index in [2.05, 4.69) is 11.8 Å². The molecule has 0 radical (unpaired) electrons. The van der Waals surface area contributed by atoms with Crippen molar-refractivity contribution in [1.29, 1.82) is 0 Å². The van der Waals surface area contributed by atoms with Gasteiger partial charge in [-0.15, -0.1) is 0 Å². The Kier molecular flexibility index (Phi) is 5.35. The molecule has 1 fully saturated rings. The first kappa shape index (κ1) is 15.5. The first-order valence-electron chi connectivity index (χ1n) is 7.43. The van der Waals surface area contributed by atoms with Crippen LogP contribution >= 0.6 is 0 Å². The molecule has 1 aromatic rings. The van der Waals surface area contributed by atoms with Crippen LogP contribution in [0.25, 0.3) is 0 Å². The van der Waals surface area contributed by atoms with Gasteiger partial charge >= 0.3 is 0 Å². The van der Waals surface area contributed by atoms with Crippen LogP contribution in [0.2, 0.25) is 0 Å². The summed E-state index contributed by atoms with van der Waals surface area (Å²) in [6.07, 6.45) is 3.20. The topological polar surface area (TPSA) is 46.3 Å². The fourth-order valence-electron chi connectivity index (χ4n) is 2.25. The van der Waals surface area contributed by atoms with Crippen molar-refractivity contribution in [2.75, 3.05) is 19.6 Å². The molecule has 2 N–H and O–H groups in total. The summed E-state index contributed by atoms with van der Waals surface area (Å²) in [5.41, 5.74) is 6.05. The van der Waals surface area contributed by atoms with E-state index in [1.165, 1.54) is 12.1 Å². The van der Waals surface area contributed by atoms with Gasteiger partial charge in [-0.05, 0) is 43.4 Å². The number of nitrogens with two attached hydrogens (primary N) is 1. The van der Waals surface area contributed by atoms with Crippen LogP contribution in [0.1, 0.15) is 42.1 Å². The molecule has 0 saturated heterocycles. The lowest BCUT2D eigenvalue weighted by Gasteiger charge is -2.22. The van der Waals surface area contributed by atoms with Gasteiger partial charge < -0.3 is 10.6 Å². The highest BCUT2D eigenvalue weighted by molar-refractivity contribution is 5.95. The van der Waals surface area contributed by atoms with Gasteiger partial charge in [0.2, 0.25) is 0 Å². The summed E-state index contributed by atoms with van der Waals surface area (Å²) < 4.78 is 14.0. The number of carbonyl (C=O) groups is 1. The molecule has 0 bridgehead atoms. The lowest BCUT2D eigenvalue weighted by atomic mass is 10.1. The van der Waals surface area contributed by atoms with Gasteiger partial charge in [0.1, 0.15) is 5.82 Å². The van der Waals surface area contributed by atoms with Crippen LogP contribution in [0, 0.1) is 23.6 Å². The number of nitrogens with zero attached hydrogens (tertiary/aromatic N) is 1. The lowest BCUT2D eigenvalue weighted by Crippen LogP contribution is -2.34. The number of carbonyl (C=O) groups excluding carboxylic acids is 1. The van der Waals surface area contributed by atoms with Crippen LogP contribution in [-0.4, -0.2) is 30.4 Å². The van der Waals surface area contributed by atoms with Crippen molar-refractivity contribution in [3.05, 3.63) is 35.1 Å². The van der Waals surface area contributed by atoms with E-state index in [1.807, 2.05) is 6.92 Å². The van der Waals surface area contributed by atoms with Crippen LogP contribution in [0.15, 0.2) is 18.2 Å². The lowest BCUT2D eigenvalue weighted by molar-refractivity contribution is 0.0743. The van der Waals surface area contributed by atoms with E-state index in [0.717, 1.165) is 25.8 Å². The maximum Gasteiger partial charge on any atom is 0.256 e. The number of amides is 1. The molecule has 0 heterocycles. The molecule has 21 heavy (non-hydrogen) atoms. The standard InChI is InChI=1S/C17H21FN2O/c1-2-10-20(12-14-5-6-14)17(21)15-11-13(4-3-9-19)7-8-16(15)18/h7-8,11,14H,2,5-6,9-10,12,19H2,1H3. The average molecular weight is 288 g/mol. The number of halogens is 1. The van der Waals surface area contributed by atoms with Crippen molar-refractivity contribution < 1.29 is 9.18 Å². The normalized spacial score (nSPS) is 13.5. The first-order chi connectivity index (χ1) is 10.2. The minimum Gasteiger partial charge on any atom is -0.338 e. The van der Waals surface area contributed by atoms with Crippen LogP contribution in [0.5, 0.6) is 0 Å². The molecule has 2 rings (SSSR count). The molecule has 112 valence electrons. The summed E-state index contributed by atoms with van der Waals surface area (Å²) in [5.74, 6) is 5.41. The molecule has 0 spiro atoms. The third kappa shape index (κ3) is 4.30. The highest BCUT2D eigenvalue weighted by atomic mass is 19.1. The fourth-order valence-corrected chi connectivity index (χ4v) is 2.25. The van der Waals surface area contributed by atoms with E-state index in [4.69, 9.17) is 5.73 Å². The van der Waals surface area contributed by atoms with E-state index in [-0.39, 0.29) is 18.0 Å².